The van der Waals surface area contributed by atoms with Crippen molar-refractivity contribution in [1.82, 2.24) is 19.9 Å². The lowest BCUT2D eigenvalue weighted by Gasteiger charge is -2.17. The Morgan fingerprint density at radius 3 is 2.52 bits per heavy atom. The van der Waals surface area contributed by atoms with Gasteiger partial charge in [0, 0.05) is 31.4 Å². The average molecular weight is 397 g/mol. The van der Waals surface area contributed by atoms with Crippen LogP contribution in [0.1, 0.15) is 17.3 Å². The van der Waals surface area contributed by atoms with E-state index in [9.17, 15) is 14.7 Å². The Balaban J connectivity index is 2.27. The van der Waals surface area contributed by atoms with E-state index in [4.69, 9.17) is 5.11 Å². The maximum atomic E-state index is 13.1. The minimum absolute atomic E-state index is 0.0192. The van der Waals surface area contributed by atoms with Crippen molar-refractivity contribution in [3.8, 4) is 11.4 Å². The number of aliphatic hydroxyl groups excluding tert-OH is 2. The van der Waals surface area contributed by atoms with Crippen molar-refractivity contribution in [3.05, 3.63) is 52.4 Å². The highest BCUT2D eigenvalue weighted by Gasteiger charge is 2.23. The molecule has 0 spiro atoms. The third-order valence-electron chi connectivity index (χ3n) is 4.39. The maximum absolute atomic E-state index is 13.1. The number of rotatable bonds is 8. The fraction of sp³-hybridized carbons (Fsp3) is 0.300. The summed E-state index contributed by atoms with van der Waals surface area (Å²) in [7, 11) is 0. The molecule has 3 aromatic rings. The Morgan fingerprint density at radius 1 is 1.14 bits per heavy atom. The first-order valence-corrected chi connectivity index (χ1v) is 9.35. The van der Waals surface area contributed by atoms with E-state index in [1.807, 2.05) is 30.3 Å². The summed E-state index contributed by atoms with van der Waals surface area (Å²) < 4.78 is 1.42. The van der Waals surface area contributed by atoms with Gasteiger partial charge in [0.1, 0.15) is 11.2 Å². The number of aryl methyl sites for hydroxylation is 1. The zero-order valence-corrected chi connectivity index (χ0v) is 16.1. The highest BCUT2D eigenvalue weighted by Crippen LogP contribution is 2.26. The molecule has 2 aromatic heterocycles. The van der Waals surface area contributed by atoms with Crippen LogP contribution in [0, 0.1) is 0 Å². The first-order chi connectivity index (χ1) is 14.1. The zero-order chi connectivity index (χ0) is 20.8. The van der Waals surface area contributed by atoms with Gasteiger partial charge in [-0.05, 0) is 6.92 Å². The van der Waals surface area contributed by atoms with E-state index >= 15 is 0 Å². The average Bonchev–Trinajstić information content (AvgIpc) is 2.76. The lowest BCUT2D eigenvalue weighted by atomic mass is 10.1. The van der Waals surface area contributed by atoms with Crippen LogP contribution in [-0.4, -0.2) is 57.0 Å². The second kappa shape index (κ2) is 9.26. The van der Waals surface area contributed by atoms with E-state index < -0.39 is 11.5 Å². The summed E-state index contributed by atoms with van der Waals surface area (Å²) in [6, 6.07) is 9.38. The van der Waals surface area contributed by atoms with Crippen molar-refractivity contribution in [2.24, 2.45) is 0 Å². The molecule has 0 atom stereocenters. The van der Waals surface area contributed by atoms with E-state index in [0.29, 0.717) is 23.4 Å². The summed E-state index contributed by atoms with van der Waals surface area (Å²) in [5.74, 6) is -0.147. The van der Waals surface area contributed by atoms with Crippen LogP contribution >= 0.6 is 0 Å². The number of aromatic nitrogens is 3. The second-order valence-corrected chi connectivity index (χ2v) is 6.23. The Labute approximate surface area is 167 Å². The fourth-order valence-electron chi connectivity index (χ4n) is 3.08. The number of hydrogen-bond acceptors (Lipinski definition) is 7. The van der Waals surface area contributed by atoms with Gasteiger partial charge in [-0.2, -0.15) is 0 Å². The van der Waals surface area contributed by atoms with Crippen LogP contribution in [0.2, 0.25) is 0 Å². The SMILES string of the molecule is CCn1c(=O)c(C(=O)NCCO)c(NCCO)c2cnc(-c3ccccc3)nc21. The summed E-state index contributed by atoms with van der Waals surface area (Å²) in [4.78, 5) is 34.8. The first kappa shape index (κ1) is 20.4. The zero-order valence-electron chi connectivity index (χ0n) is 16.1. The largest absolute Gasteiger partial charge is 0.395 e. The van der Waals surface area contributed by atoms with E-state index in [-0.39, 0.29) is 37.6 Å². The molecule has 1 amide bonds. The van der Waals surface area contributed by atoms with Gasteiger partial charge in [0.2, 0.25) is 0 Å². The smallest absolute Gasteiger partial charge is 0.267 e. The number of aliphatic hydroxyl groups is 2. The molecule has 0 aliphatic carbocycles. The van der Waals surface area contributed by atoms with Crippen molar-refractivity contribution in [1.29, 1.82) is 0 Å². The molecule has 9 heteroatoms. The van der Waals surface area contributed by atoms with E-state index in [2.05, 4.69) is 20.6 Å². The quantitative estimate of drug-likeness (QED) is 0.438. The van der Waals surface area contributed by atoms with Crippen molar-refractivity contribution in [2.45, 2.75) is 13.5 Å². The molecule has 0 saturated carbocycles. The number of benzene rings is 1. The topological polar surface area (TPSA) is 129 Å². The van der Waals surface area contributed by atoms with Gasteiger partial charge in [-0.15, -0.1) is 0 Å². The van der Waals surface area contributed by atoms with Crippen LogP contribution in [0.15, 0.2) is 41.3 Å². The molecule has 0 unspecified atom stereocenters. The molecular weight excluding hydrogens is 374 g/mol. The molecule has 4 N–H and O–H groups in total. The monoisotopic (exact) mass is 397 g/mol. The van der Waals surface area contributed by atoms with E-state index in [1.165, 1.54) is 4.57 Å². The highest BCUT2D eigenvalue weighted by molar-refractivity contribution is 6.06. The van der Waals surface area contributed by atoms with Crippen LogP contribution in [0.4, 0.5) is 5.69 Å². The molecule has 29 heavy (non-hydrogen) atoms. The predicted octanol–water partition coefficient (Wildman–Crippen LogP) is 0.605. The lowest BCUT2D eigenvalue weighted by Crippen LogP contribution is -2.36. The number of nitrogens with one attached hydrogen (secondary N) is 2. The van der Waals surface area contributed by atoms with Crippen LogP contribution in [0.25, 0.3) is 22.4 Å². The Morgan fingerprint density at radius 2 is 1.86 bits per heavy atom. The number of anilines is 1. The molecule has 0 aliphatic rings. The van der Waals surface area contributed by atoms with Gasteiger partial charge in [-0.25, -0.2) is 9.97 Å². The Kier molecular flexibility index (Phi) is 6.53. The van der Waals surface area contributed by atoms with Gasteiger partial charge in [0.15, 0.2) is 5.82 Å². The number of carbonyl (C=O) groups excluding carboxylic acids is 1. The Bertz CT molecular complexity index is 1070. The van der Waals surface area contributed by atoms with Gasteiger partial charge in [-0.3, -0.25) is 14.2 Å². The Hall–Kier alpha value is -3.30. The summed E-state index contributed by atoms with van der Waals surface area (Å²) in [5.41, 5.74) is 0.856. The van der Waals surface area contributed by atoms with Gasteiger partial charge in [-0.1, -0.05) is 30.3 Å². The second-order valence-electron chi connectivity index (χ2n) is 6.23. The lowest BCUT2D eigenvalue weighted by molar-refractivity contribution is 0.0943. The summed E-state index contributed by atoms with van der Waals surface area (Å²) in [5, 5.41) is 24.2. The maximum Gasteiger partial charge on any atom is 0.267 e. The number of amides is 1. The molecule has 0 radical (unpaired) electrons. The van der Waals surface area contributed by atoms with Crippen LogP contribution in [0.3, 0.4) is 0 Å². The third-order valence-corrected chi connectivity index (χ3v) is 4.39. The number of hydrogen-bond donors (Lipinski definition) is 4. The normalized spacial score (nSPS) is 10.9. The number of nitrogens with zero attached hydrogens (tertiary/aromatic N) is 3. The minimum Gasteiger partial charge on any atom is -0.395 e. The van der Waals surface area contributed by atoms with Crippen LogP contribution < -0.4 is 16.2 Å². The fourth-order valence-corrected chi connectivity index (χ4v) is 3.08. The van der Waals surface area contributed by atoms with E-state index in [0.717, 1.165) is 5.56 Å². The summed E-state index contributed by atoms with van der Waals surface area (Å²) >= 11 is 0. The molecule has 9 nitrogen and oxygen atoms in total. The number of carbonyl (C=O) groups is 1. The molecular formula is C20H23N5O4. The number of pyridine rings is 1. The predicted molar refractivity (Wildman–Crippen MR) is 110 cm³/mol. The molecule has 0 bridgehead atoms. The standard InChI is InChI=1S/C20H23N5O4/c1-2-25-18-14(12-23-17(24-18)13-6-4-3-5-7-13)16(21-8-10-26)15(20(25)29)19(28)22-9-11-27/h3-7,12,21,26-27H,2,8-11H2,1H3,(H,22,28). The van der Waals surface area contributed by atoms with Crippen molar-refractivity contribution < 1.29 is 15.0 Å². The first-order valence-electron chi connectivity index (χ1n) is 9.35. The van der Waals surface area contributed by atoms with Gasteiger partial charge >= 0.3 is 0 Å². The summed E-state index contributed by atoms with van der Waals surface area (Å²) in [6.45, 7) is 1.84. The van der Waals surface area contributed by atoms with Crippen LogP contribution in [-0.2, 0) is 6.54 Å². The third kappa shape index (κ3) is 4.10. The van der Waals surface area contributed by atoms with Crippen molar-refractivity contribution in [2.75, 3.05) is 31.6 Å². The van der Waals surface area contributed by atoms with Gasteiger partial charge in [0.25, 0.3) is 11.5 Å². The molecule has 0 aliphatic heterocycles. The molecule has 0 fully saturated rings. The van der Waals surface area contributed by atoms with Crippen molar-refractivity contribution >= 4 is 22.6 Å². The van der Waals surface area contributed by atoms with Gasteiger partial charge < -0.3 is 20.8 Å². The van der Waals surface area contributed by atoms with Crippen molar-refractivity contribution in [3.63, 3.8) is 0 Å². The minimum atomic E-state index is -0.610. The van der Waals surface area contributed by atoms with Gasteiger partial charge in [0.05, 0.1) is 24.3 Å². The van der Waals surface area contributed by atoms with E-state index in [1.54, 1.807) is 13.1 Å². The van der Waals surface area contributed by atoms with Crippen LogP contribution in [0.5, 0.6) is 0 Å². The molecule has 3 rings (SSSR count). The molecule has 0 saturated heterocycles. The summed E-state index contributed by atoms with van der Waals surface area (Å²) in [6.07, 6.45) is 1.57. The highest BCUT2D eigenvalue weighted by atomic mass is 16.3. The molecule has 2 heterocycles. The molecule has 1 aromatic carbocycles. The number of fused-ring (bicyclic) bond motifs is 1. The molecule has 152 valence electrons.